The lowest BCUT2D eigenvalue weighted by Crippen LogP contribution is -2.40. The van der Waals surface area contributed by atoms with Crippen LogP contribution in [0.5, 0.6) is 11.5 Å². The molecule has 0 saturated heterocycles. The van der Waals surface area contributed by atoms with Gasteiger partial charge in [0, 0.05) is 39.3 Å². The Morgan fingerprint density at radius 2 is 1.78 bits per heavy atom. The van der Waals surface area contributed by atoms with E-state index in [0.717, 1.165) is 27.7 Å². The van der Waals surface area contributed by atoms with Crippen LogP contribution in [0.25, 0.3) is 17.0 Å². The summed E-state index contributed by atoms with van der Waals surface area (Å²) in [6.45, 7) is 8.57. The predicted octanol–water partition coefficient (Wildman–Crippen LogP) is 6.17. The maximum Gasteiger partial charge on any atom is 0.338 e. The van der Waals surface area contributed by atoms with Gasteiger partial charge in [0.2, 0.25) is 0 Å². The Balaban J connectivity index is 1.59. The lowest BCUT2D eigenvalue weighted by Gasteiger charge is -2.26. The molecular weight excluding hydrogens is 622 g/mol. The first kappa shape index (κ1) is 31.4. The van der Waals surface area contributed by atoms with E-state index in [1.54, 1.807) is 31.6 Å². The normalized spacial score (nSPS) is 14.7. The van der Waals surface area contributed by atoms with E-state index >= 15 is 0 Å². The van der Waals surface area contributed by atoms with Crippen molar-refractivity contribution in [2.24, 2.45) is 4.99 Å². The number of ether oxygens (including phenoxy) is 3. The smallest absolute Gasteiger partial charge is 0.338 e. The summed E-state index contributed by atoms with van der Waals surface area (Å²) in [5, 5.41) is 1.72. The number of thiazole rings is 1. The van der Waals surface area contributed by atoms with Crippen LogP contribution in [-0.2, 0) is 16.1 Å². The van der Waals surface area contributed by atoms with Crippen molar-refractivity contribution < 1.29 is 19.0 Å². The average Bonchev–Trinajstić information content (AvgIpc) is 3.50. The van der Waals surface area contributed by atoms with Gasteiger partial charge < -0.3 is 18.8 Å². The van der Waals surface area contributed by atoms with Crippen LogP contribution in [-0.4, -0.2) is 35.4 Å². The topological polar surface area (TPSA) is 84.1 Å². The van der Waals surface area contributed by atoms with Gasteiger partial charge in [0.15, 0.2) is 16.3 Å². The molecule has 1 aliphatic heterocycles. The highest BCUT2D eigenvalue weighted by atomic mass is 35.5. The second kappa shape index (κ2) is 13.0. The third-order valence-electron chi connectivity index (χ3n) is 8.17. The number of esters is 1. The lowest BCUT2D eigenvalue weighted by atomic mass is 9.94. The molecule has 1 atom stereocenters. The molecule has 0 spiro atoms. The summed E-state index contributed by atoms with van der Waals surface area (Å²) in [7, 11) is 1.56. The SMILES string of the molecule is CCOC(=O)C1=C(C)N=c2s/c(=C/c3c(C)n(Cc4ccccc4Cl)c4ccccc34)c(=O)n2[C@H]1c1cccc(OC)c1OCC. The van der Waals surface area contributed by atoms with Crippen molar-refractivity contribution in [1.29, 1.82) is 0 Å². The van der Waals surface area contributed by atoms with Crippen molar-refractivity contribution in [3.8, 4) is 11.5 Å². The fraction of sp³-hybridized carbons (Fsp3) is 0.250. The second-order valence-electron chi connectivity index (χ2n) is 10.8. The minimum absolute atomic E-state index is 0.181. The molecule has 0 fully saturated rings. The van der Waals surface area contributed by atoms with Crippen LogP contribution in [0, 0.1) is 6.92 Å². The minimum atomic E-state index is -0.836. The van der Waals surface area contributed by atoms with E-state index in [1.807, 2.05) is 61.5 Å². The van der Waals surface area contributed by atoms with Crippen molar-refractivity contribution in [3.05, 3.63) is 125 Å². The number of aromatic nitrogens is 2. The molecule has 0 unspecified atom stereocenters. The number of nitrogens with zero attached hydrogens (tertiary/aromatic N) is 3. The number of para-hydroxylation sites is 2. The van der Waals surface area contributed by atoms with E-state index in [4.69, 9.17) is 30.8 Å². The maximum absolute atomic E-state index is 14.5. The van der Waals surface area contributed by atoms with Gasteiger partial charge in [-0.25, -0.2) is 9.79 Å². The number of rotatable bonds is 9. The van der Waals surface area contributed by atoms with Crippen molar-refractivity contribution in [1.82, 2.24) is 9.13 Å². The van der Waals surface area contributed by atoms with E-state index < -0.39 is 12.0 Å². The number of hydrogen-bond acceptors (Lipinski definition) is 7. The van der Waals surface area contributed by atoms with Gasteiger partial charge in [-0.15, -0.1) is 0 Å². The molecule has 0 amide bonds. The Morgan fingerprint density at radius 1 is 1.02 bits per heavy atom. The first-order chi connectivity index (χ1) is 22.3. The molecule has 236 valence electrons. The summed E-state index contributed by atoms with van der Waals surface area (Å²) >= 11 is 7.83. The van der Waals surface area contributed by atoms with Crippen LogP contribution >= 0.6 is 22.9 Å². The molecule has 46 heavy (non-hydrogen) atoms. The second-order valence-corrected chi connectivity index (χ2v) is 12.2. The fourth-order valence-corrected chi connectivity index (χ4v) is 7.29. The Kier molecular flexibility index (Phi) is 8.88. The first-order valence-electron chi connectivity index (χ1n) is 15.1. The van der Waals surface area contributed by atoms with E-state index in [2.05, 4.69) is 23.6 Å². The van der Waals surface area contributed by atoms with Crippen LogP contribution in [0.1, 0.15) is 49.2 Å². The van der Waals surface area contributed by atoms with Gasteiger partial charge in [0.05, 0.1) is 36.1 Å². The quantitative estimate of drug-likeness (QED) is 0.177. The summed E-state index contributed by atoms with van der Waals surface area (Å²) in [5.41, 5.74) is 5.07. The van der Waals surface area contributed by atoms with Gasteiger partial charge in [-0.3, -0.25) is 9.36 Å². The molecular formula is C36H34ClN3O5S. The minimum Gasteiger partial charge on any atom is -0.493 e. The number of benzene rings is 3. The Labute approximate surface area is 275 Å². The summed E-state index contributed by atoms with van der Waals surface area (Å²) in [5.74, 6) is 0.426. The number of halogens is 1. The van der Waals surface area contributed by atoms with Crippen molar-refractivity contribution in [2.75, 3.05) is 20.3 Å². The fourth-order valence-electron chi connectivity index (χ4n) is 6.07. The summed E-state index contributed by atoms with van der Waals surface area (Å²) < 4.78 is 21.4. The molecule has 3 aromatic carbocycles. The van der Waals surface area contributed by atoms with Gasteiger partial charge in [-0.05, 0) is 57.5 Å². The van der Waals surface area contributed by atoms with Crippen LogP contribution in [0.4, 0.5) is 0 Å². The molecule has 0 bridgehead atoms. The van der Waals surface area contributed by atoms with Gasteiger partial charge in [0.1, 0.15) is 6.04 Å². The Bertz CT molecular complexity index is 2190. The Morgan fingerprint density at radius 3 is 2.52 bits per heavy atom. The van der Waals surface area contributed by atoms with Gasteiger partial charge in [-0.2, -0.15) is 0 Å². The molecule has 0 radical (unpaired) electrons. The van der Waals surface area contributed by atoms with Crippen molar-refractivity contribution >= 4 is 45.9 Å². The van der Waals surface area contributed by atoms with Crippen LogP contribution in [0.3, 0.4) is 0 Å². The van der Waals surface area contributed by atoms with Gasteiger partial charge in [0.25, 0.3) is 5.56 Å². The standard InChI is InChI=1S/C36H34ClN3O5S/c1-6-44-33-25(15-12-18-29(33)43-5)32-31(35(42)45-7-2)21(3)38-36-40(32)34(41)30(46-36)19-26-22(4)39(28-17-11-9-14-24(26)28)20-23-13-8-10-16-27(23)37/h8-19,32H,6-7,20H2,1-5H3/b30-19+/t32-/m0/s1. The number of fused-ring (bicyclic) bond motifs is 2. The molecule has 1 aliphatic rings. The van der Waals surface area contributed by atoms with Gasteiger partial charge in [-0.1, -0.05) is 71.5 Å². The molecule has 2 aromatic heterocycles. The maximum atomic E-state index is 14.5. The monoisotopic (exact) mass is 655 g/mol. The number of carbonyl (C=O) groups excluding carboxylic acids is 1. The predicted molar refractivity (Wildman–Crippen MR) is 182 cm³/mol. The number of allylic oxidation sites excluding steroid dienone is 1. The largest absolute Gasteiger partial charge is 0.493 e. The molecule has 0 aliphatic carbocycles. The third kappa shape index (κ3) is 5.43. The number of carbonyl (C=O) groups is 1. The zero-order valence-electron chi connectivity index (χ0n) is 26.3. The van der Waals surface area contributed by atoms with Crippen molar-refractivity contribution in [3.63, 3.8) is 0 Å². The molecule has 3 heterocycles. The first-order valence-corrected chi connectivity index (χ1v) is 16.3. The highest BCUT2D eigenvalue weighted by molar-refractivity contribution is 7.07. The zero-order chi connectivity index (χ0) is 32.5. The van der Waals surface area contributed by atoms with Crippen LogP contribution < -0.4 is 24.4 Å². The molecule has 0 N–H and O–H groups in total. The zero-order valence-corrected chi connectivity index (χ0v) is 27.9. The summed E-state index contributed by atoms with van der Waals surface area (Å²) in [6.07, 6.45) is 1.93. The summed E-state index contributed by atoms with van der Waals surface area (Å²) in [6, 6.07) is 20.6. The lowest BCUT2D eigenvalue weighted by molar-refractivity contribution is -0.139. The molecule has 10 heteroatoms. The molecule has 0 saturated carbocycles. The highest BCUT2D eigenvalue weighted by Crippen LogP contribution is 2.41. The molecule has 6 rings (SSSR count). The summed E-state index contributed by atoms with van der Waals surface area (Å²) in [4.78, 5) is 33.2. The highest BCUT2D eigenvalue weighted by Gasteiger charge is 2.36. The average molecular weight is 656 g/mol. The van der Waals surface area contributed by atoms with E-state index in [-0.39, 0.29) is 17.7 Å². The molecule has 8 nitrogen and oxygen atoms in total. The number of hydrogen-bond donors (Lipinski definition) is 0. The number of methoxy groups -OCH3 is 1. The molecule has 5 aromatic rings. The van der Waals surface area contributed by atoms with E-state index in [0.29, 0.717) is 50.3 Å². The van der Waals surface area contributed by atoms with Crippen LogP contribution in [0.2, 0.25) is 5.02 Å². The van der Waals surface area contributed by atoms with E-state index in [1.165, 1.54) is 11.3 Å². The van der Waals surface area contributed by atoms with Gasteiger partial charge >= 0.3 is 5.97 Å². The Hall–Kier alpha value is -4.60. The third-order valence-corrected chi connectivity index (χ3v) is 9.52. The van der Waals surface area contributed by atoms with Crippen molar-refractivity contribution in [2.45, 2.75) is 40.3 Å². The van der Waals surface area contributed by atoms with E-state index in [9.17, 15) is 9.59 Å². The van der Waals surface area contributed by atoms with Crippen LogP contribution in [0.15, 0.2) is 87.8 Å².